The fourth-order valence-electron chi connectivity index (χ4n) is 3.43. The molecule has 1 aliphatic heterocycles. The summed E-state index contributed by atoms with van der Waals surface area (Å²) in [7, 11) is -1.70. The van der Waals surface area contributed by atoms with Crippen molar-refractivity contribution >= 4 is 26.6 Å². The van der Waals surface area contributed by atoms with Crippen LogP contribution < -0.4 is 10.3 Å². The van der Waals surface area contributed by atoms with Crippen LogP contribution in [0.1, 0.15) is 5.56 Å². The third-order valence-electron chi connectivity index (χ3n) is 5.06. The minimum Gasteiger partial charge on any atom is -0.491 e. The zero-order valence-electron chi connectivity index (χ0n) is 18.5. The topological polar surface area (TPSA) is 80.3 Å². The van der Waals surface area contributed by atoms with Gasteiger partial charge in [0.05, 0.1) is 18.6 Å². The van der Waals surface area contributed by atoms with E-state index in [9.17, 15) is 8.42 Å². The first-order chi connectivity index (χ1) is 15.9. The number of nitrogens with one attached hydrogen (secondary N) is 1. The van der Waals surface area contributed by atoms with Crippen molar-refractivity contribution in [3.05, 3.63) is 84.6 Å². The van der Waals surface area contributed by atoms with Crippen molar-refractivity contribution in [3.63, 3.8) is 0 Å². The summed E-state index contributed by atoms with van der Waals surface area (Å²) in [5.41, 5.74) is 5.22. The lowest BCUT2D eigenvalue weighted by atomic mass is 10.1. The van der Waals surface area contributed by atoms with Gasteiger partial charge >= 0.3 is 0 Å². The Morgan fingerprint density at radius 1 is 0.939 bits per heavy atom. The molecule has 4 rings (SSSR count). The van der Waals surface area contributed by atoms with Crippen LogP contribution in [-0.4, -0.2) is 57.8 Å². The molecule has 0 spiro atoms. The van der Waals surface area contributed by atoms with Gasteiger partial charge in [0.1, 0.15) is 25.2 Å². The van der Waals surface area contributed by atoms with E-state index in [0.29, 0.717) is 5.75 Å². The van der Waals surface area contributed by atoms with Gasteiger partial charge in [-0.1, -0.05) is 60.7 Å². The molecule has 0 fully saturated rings. The Morgan fingerprint density at radius 3 is 2.42 bits per heavy atom. The van der Waals surface area contributed by atoms with Gasteiger partial charge in [-0.05, 0) is 22.9 Å². The van der Waals surface area contributed by atoms with Crippen LogP contribution in [0.25, 0.3) is 16.5 Å². The Balaban J connectivity index is 1.39. The van der Waals surface area contributed by atoms with E-state index in [1.165, 1.54) is 0 Å². The molecule has 0 saturated heterocycles. The first-order valence-electron chi connectivity index (χ1n) is 10.5. The molecule has 33 heavy (non-hydrogen) atoms. The predicted molar refractivity (Wildman–Crippen MR) is 127 cm³/mol. The molecule has 0 aromatic heterocycles. The van der Waals surface area contributed by atoms with Gasteiger partial charge < -0.3 is 9.47 Å². The molecule has 3 aromatic carbocycles. The summed E-state index contributed by atoms with van der Waals surface area (Å²) in [4.78, 5) is 0. The van der Waals surface area contributed by atoms with Gasteiger partial charge in [-0.15, -0.1) is 5.53 Å². The van der Waals surface area contributed by atoms with E-state index >= 15 is 0 Å². The molecule has 1 heterocycles. The van der Waals surface area contributed by atoms with Gasteiger partial charge in [0.2, 0.25) is 0 Å². The van der Waals surface area contributed by atoms with E-state index in [-0.39, 0.29) is 19.9 Å². The van der Waals surface area contributed by atoms with Crippen molar-refractivity contribution < 1.29 is 22.1 Å². The van der Waals surface area contributed by atoms with Crippen LogP contribution in [0.2, 0.25) is 0 Å². The maximum atomic E-state index is 11.5. The molecule has 0 saturated carbocycles. The van der Waals surface area contributed by atoms with Gasteiger partial charge in [-0.25, -0.2) is 0 Å². The standard InChI is InChI=1S/C24H27N3O5S/c1-26-24(20-9-4-3-5-10-20)15-27(25-26)18-31-23(17-32-33(2,28)29)16-30-22-13-12-19-8-6-7-11-21(19)14-22/h3-15,23,25H,16-18H2,1-2H3. The predicted octanol–water partition coefficient (Wildman–Crippen LogP) is 3.20. The lowest BCUT2D eigenvalue weighted by molar-refractivity contribution is -0.0647. The summed E-state index contributed by atoms with van der Waals surface area (Å²) in [5, 5.41) is 5.82. The molecule has 1 N–H and O–H groups in total. The summed E-state index contributed by atoms with van der Waals surface area (Å²) in [6.45, 7) is 0.150. The lowest BCUT2D eigenvalue weighted by Crippen LogP contribution is -2.41. The molecule has 0 bridgehead atoms. The maximum Gasteiger partial charge on any atom is 0.264 e. The highest BCUT2D eigenvalue weighted by molar-refractivity contribution is 7.85. The third kappa shape index (κ3) is 6.45. The highest BCUT2D eigenvalue weighted by Crippen LogP contribution is 2.22. The van der Waals surface area contributed by atoms with Gasteiger partial charge in [0.25, 0.3) is 10.1 Å². The maximum absolute atomic E-state index is 11.5. The number of ether oxygens (including phenoxy) is 2. The van der Waals surface area contributed by atoms with Crippen LogP contribution in [0, 0.1) is 0 Å². The van der Waals surface area contributed by atoms with E-state index in [1.807, 2.05) is 91.1 Å². The van der Waals surface area contributed by atoms with Crippen molar-refractivity contribution in [2.75, 3.05) is 33.2 Å². The summed E-state index contributed by atoms with van der Waals surface area (Å²) < 4.78 is 39.8. The van der Waals surface area contributed by atoms with Crippen molar-refractivity contribution in [1.82, 2.24) is 15.6 Å². The minimum absolute atomic E-state index is 0.132. The average Bonchev–Trinajstić information content (AvgIpc) is 3.18. The molecule has 0 aliphatic carbocycles. The fraction of sp³-hybridized carbons (Fsp3) is 0.250. The number of fused-ring (bicyclic) bond motifs is 1. The largest absolute Gasteiger partial charge is 0.491 e. The fourth-order valence-corrected chi connectivity index (χ4v) is 3.83. The molecule has 9 heteroatoms. The number of benzene rings is 3. The second kappa shape index (κ2) is 10.2. The molecule has 0 amide bonds. The Morgan fingerprint density at radius 2 is 1.67 bits per heavy atom. The number of nitrogens with zero attached hydrogens (tertiary/aromatic N) is 2. The van der Waals surface area contributed by atoms with Gasteiger partial charge in [0, 0.05) is 18.8 Å². The molecular weight excluding hydrogens is 442 g/mol. The Kier molecular flexibility index (Phi) is 7.14. The monoisotopic (exact) mass is 469 g/mol. The molecule has 174 valence electrons. The molecule has 8 nitrogen and oxygen atoms in total. The van der Waals surface area contributed by atoms with Crippen molar-refractivity contribution in [3.8, 4) is 5.75 Å². The zero-order chi connectivity index (χ0) is 23.3. The van der Waals surface area contributed by atoms with Gasteiger partial charge in [-0.3, -0.25) is 14.2 Å². The zero-order valence-corrected chi connectivity index (χ0v) is 19.4. The highest BCUT2D eigenvalue weighted by Gasteiger charge is 2.21. The SMILES string of the molecule is CN1NN(COC(COc2ccc3ccccc3c2)COS(C)(=O)=O)C=C1c1ccccc1. The third-order valence-corrected chi connectivity index (χ3v) is 5.63. The Bertz CT molecular complexity index is 1220. The Labute approximate surface area is 194 Å². The van der Waals surface area contributed by atoms with E-state index in [1.54, 1.807) is 5.01 Å². The first-order valence-corrected chi connectivity index (χ1v) is 12.3. The summed E-state index contributed by atoms with van der Waals surface area (Å²) in [6, 6.07) is 23.8. The highest BCUT2D eigenvalue weighted by atomic mass is 32.2. The lowest BCUT2D eigenvalue weighted by Gasteiger charge is -2.24. The van der Waals surface area contributed by atoms with Gasteiger partial charge in [-0.2, -0.15) is 8.42 Å². The number of hydrogen-bond acceptors (Lipinski definition) is 8. The van der Waals surface area contributed by atoms with E-state index in [4.69, 9.17) is 13.7 Å². The van der Waals surface area contributed by atoms with E-state index in [0.717, 1.165) is 28.3 Å². The van der Waals surface area contributed by atoms with Crippen LogP contribution in [0.3, 0.4) is 0 Å². The Hall–Kier alpha value is -3.11. The van der Waals surface area contributed by atoms with Gasteiger partial charge in [0.15, 0.2) is 0 Å². The molecule has 1 aliphatic rings. The summed E-state index contributed by atoms with van der Waals surface area (Å²) >= 11 is 0. The second-order valence-corrected chi connectivity index (χ2v) is 9.38. The van der Waals surface area contributed by atoms with Crippen LogP contribution in [0.4, 0.5) is 0 Å². The van der Waals surface area contributed by atoms with Crippen molar-refractivity contribution in [1.29, 1.82) is 0 Å². The molecule has 3 aromatic rings. The summed E-state index contributed by atoms with van der Waals surface area (Å²) in [5.74, 6) is 0.673. The van der Waals surface area contributed by atoms with Crippen LogP contribution in [-0.2, 0) is 19.0 Å². The van der Waals surface area contributed by atoms with Crippen LogP contribution in [0.5, 0.6) is 5.75 Å². The minimum atomic E-state index is -3.61. The molecular formula is C24H27N3O5S. The summed E-state index contributed by atoms with van der Waals surface area (Å²) in [6.07, 6.45) is 2.33. The normalized spacial score (nSPS) is 15.0. The average molecular weight is 470 g/mol. The number of rotatable bonds is 10. The molecule has 1 unspecified atom stereocenters. The molecule has 1 atom stereocenters. The molecule has 0 radical (unpaired) electrons. The van der Waals surface area contributed by atoms with E-state index in [2.05, 4.69) is 5.53 Å². The van der Waals surface area contributed by atoms with Crippen molar-refractivity contribution in [2.24, 2.45) is 0 Å². The number of hydrogen-bond donors (Lipinski definition) is 1. The van der Waals surface area contributed by atoms with E-state index < -0.39 is 16.2 Å². The smallest absolute Gasteiger partial charge is 0.264 e. The van der Waals surface area contributed by atoms with Crippen LogP contribution >= 0.6 is 0 Å². The first kappa shape index (κ1) is 23.1. The number of hydrazine groups is 2. The van der Waals surface area contributed by atoms with Crippen molar-refractivity contribution in [2.45, 2.75) is 6.10 Å². The quantitative estimate of drug-likeness (QED) is 0.454. The van der Waals surface area contributed by atoms with Crippen LogP contribution in [0.15, 0.2) is 79.0 Å². The second-order valence-electron chi connectivity index (χ2n) is 7.74.